The lowest BCUT2D eigenvalue weighted by molar-refractivity contribution is -0.118. The third-order valence-electron chi connectivity index (χ3n) is 3.33. The Morgan fingerprint density at radius 3 is 2.83 bits per heavy atom. The van der Waals surface area contributed by atoms with Crippen LogP contribution in [-0.4, -0.2) is 27.1 Å². The molecule has 0 radical (unpaired) electrons. The molecule has 1 aromatic heterocycles. The monoisotopic (exact) mass is 252 g/mol. The molecule has 1 rings (SSSR count). The van der Waals surface area contributed by atoms with Gasteiger partial charge in [-0.25, -0.2) is 9.67 Å². The molecule has 1 atom stereocenters. The van der Waals surface area contributed by atoms with Gasteiger partial charge in [-0.3, -0.25) is 4.79 Å². The molecule has 2 N–H and O–H groups in total. The molecule has 5 nitrogen and oxygen atoms in total. The van der Waals surface area contributed by atoms with E-state index in [0.29, 0.717) is 25.3 Å². The lowest BCUT2D eigenvalue weighted by atomic mass is 9.95. The van der Waals surface area contributed by atoms with E-state index >= 15 is 0 Å². The molecule has 0 aliphatic rings. The molecule has 5 heteroatoms. The van der Waals surface area contributed by atoms with Crippen molar-refractivity contribution in [3.05, 3.63) is 12.2 Å². The first kappa shape index (κ1) is 14.8. The summed E-state index contributed by atoms with van der Waals surface area (Å²) in [6.45, 7) is 5.61. The molecule has 0 amide bonds. The minimum absolute atomic E-state index is 0.244. The maximum absolute atomic E-state index is 11.9. The van der Waals surface area contributed by atoms with Crippen molar-refractivity contribution < 1.29 is 4.79 Å². The van der Waals surface area contributed by atoms with Crippen molar-refractivity contribution in [3.63, 3.8) is 0 Å². The van der Waals surface area contributed by atoms with Gasteiger partial charge in [-0.05, 0) is 32.2 Å². The highest BCUT2D eigenvalue weighted by Crippen LogP contribution is 2.15. The molecule has 1 unspecified atom stereocenters. The molecule has 0 spiro atoms. The maximum atomic E-state index is 11.9. The highest BCUT2D eigenvalue weighted by atomic mass is 16.1. The minimum Gasteiger partial charge on any atom is -0.330 e. The van der Waals surface area contributed by atoms with Crippen molar-refractivity contribution in [1.82, 2.24) is 14.8 Å². The van der Waals surface area contributed by atoms with Gasteiger partial charge in [0.25, 0.3) is 0 Å². The minimum atomic E-state index is 0.244. The fourth-order valence-electron chi connectivity index (χ4n) is 2.11. The van der Waals surface area contributed by atoms with Gasteiger partial charge in [0, 0.05) is 13.0 Å². The first-order valence-corrected chi connectivity index (χ1v) is 6.79. The molecule has 1 aromatic rings. The Morgan fingerprint density at radius 1 is 1.44 bits per heavy atom. The summed E-state index contributed by atoms with van der Waals surface area (Å²) < 4.78 is 1.77. The van der Waals surface area contributed by atoms with Crippen LogP contribution in [0.4, 0.5) is 0 Å². The number of Topliss-reactive ketones (excluding diaryl/α,β-unsaturated/α-hetero) is 1. The van der Waals surface area contributed by atoms with Gasteiger partial charge in [0.05, 0.1) is 6.42 Å². The lowest BCUT2D eigenvalue weighted by Crippen LogP contribution is -2.13. The van der Waals surface area contributed by atoms with Gasteiger partial charge in [-0.15, -0.1) is 0 Å². The number of nitrogens with two attached hydrogens (primary N) is 1. The third kappa shape index (κ3) is 4.56. The van der Waals surface area contributed by atoms with Crippen LogP contribution in [0.15, 0.2) is 6.33 Å². The Kier molecular flexibility index (Phi) is 6.57. The van der Waals surface area contributed by atoms with Gasteiger partial charge in [0.2, 0.25) is 0 Å². The number of aryl methyl sites for hydroxylation is 1. The van der Waals surface area contributed by atoms with E-state index in [1.165, 1.54) is 6.33 Å². The SMILES string of the molecule is CCC(CCN)CCC(=O)Cc1ncnn1CC. The van der Waals surface area contributed by atoms with Crippen molar-refractivity contribution >= 4 is 5.78 Å². The normalized spacial score (nSPS) is 12.6. The molecule has 0 aromatic carbocycles. The highest BCUT2D eigenvalue weighted by Gasteiger charge is 2.12. The molecule has 102 valence electrons. The van der Waals surface area contributed by atoms with E-state index in [1.807, 2.05) is 6.92 Å². The number of carbonyl (C=O) groups is 1. The van der Waals surface area contributed by atoms with Gasteiger partial charge >= 0.3 is 0 Å². The lowest BCUT2D eigenvalue weighted by Gasteiger charge is -2.12. The van der Waals surface area contributed by atoms with Crippen LogP contribution in [0.3, 0.4) is 0 Å². The predicted molar refractivity (Wildman–Crippen MR) is 71.1 cm³/mol. The van der Waals surface area contributed by atoms with Crippen molar-refractivity contribution in [2.45, 2.75) is 52.5 Å². The summed E-state index contributed by atoms with van der Waals surface area (Å²) in [5.74, 6) is 1.59. The van der Waals surface area contributed by atoms with Gasteiger partial charge in [0.1, 0.15) is 17.9 Å². The van der Waals surface area contributed by atoms with Crippen LogP contribution in [0.2, 0.25) is 0 Å². The zero-order valence-corrected chi connectivity index (χ0v) is 11.4. The Balaban J connectivity index is 2.37. The summed E-state index contributed by atoms with van der Waals surface area (Å²) in [6, 6.07) is 0. The molecule has 0 saturated carbocycles. The van der Waals surface area contributed by atoms with Crippen molar-refractivity contribution in [2.24, 2.45) is 11.7 Å². The molecule has 18 heavy (non-hydrogen) atoms. The largest absolute Gasteiger partial charge is 0.330 e. The number of nitrogens with zero attached hydrogens (tertiary/aromatic N) is 3. The molecule has 0 aliphatic carbocycles. The maximum Gasteiger partial charge on any atom is 0.140 e. The summed E-state index contributed by atoms with van der Waals surface area (Å²) in [6.07, 6.45) is 5.56. The first-order valence-electron chi connectivity index (χ1n) is 6.79. The summed E-state index contributed by atoms with van der Waals surface area (Å²) in [7, 11) is 0. The van der Waals surface area contributed by atoms with Gasteiger partial charge in [-0.1, -0.05) is 13.3 Å². The Hall–Kier alpha value is -1.23. The van der Waals surface area contributed by atoms with Crippen LogP contribution in [0.1, 0.15) is 45.4 Å². The molecule has 0 saturated heterocycles. The number of ketones is 1. The third-order valence-corrected chi connectivity index (χ3v) is 3.33. The summed E-state index contributed by atoms with van der Waals surface area (Å²) in [4.78, 5) is 16.0. The van der Waals surface area contributed by atoms with Crippen molar-refractivity contribution in [3.8, 4) is 0 Å². The van der Waals surface area contributed by atoms with E-state index in [0.717, 1.165) is 31.6 Å². The van der Waals surface area contributed by atoms with Gasteiger partial charge < -0.3 is 5.73 Å². The fraction of sp³-hybridized carbons (Fsp3) is 0.769. The predicted octanol–water partition coefficient (Wildman–Crippen LogP) is 1.56. The van der Waals surface area contributed by atoms with Crippen LogP contribution < -0.4 is 5.73 Å². The molecular formula is C13H24N4O. The zero-order chi connectivity index (χ0) is 13.4. The van der Waals surface area contributed by atoms with Gasteiger partial charge in [-0.2, -0.15) is 5.10 Å². The number of hydrogen-bond donors (Lipinski definition) is 1. The van der Waals surface area contributed by atoms with E-state index in [-0.39, 0.29) is 5.78 Å². The number of rotatable bonds is 9. The summed E-state index contributed by atoms with van der Waals surface area (Å²) in [5.41, 5.74) is 5.55. The molecule has 0 bridgehead atoms. The second-order valence-electron chi connectivity index (χ2n) is 4.60. The second kappa shape index (κ2) is 7.97. The average molecular weight is 252 g/mol. The number of aromatic nitrogens is 3. The van der Waals surface area contributed by atoms with Gasteiger partial charge in [0.15, 0.2) is 0 Å². The smallest absolute Gasteiger partial charge is 0.140 e. The fourth-order valence-corrected chi connectivity index (χ4v) is 2.11. The van der Waals surface area contributed by atoms with E-state index in [1.54, 1.807) is 4.68 Å². The van der Waals surface area contributed by atoms with E-state index < -0.39 is 0 Å². The van der Waals surface area contributed by atoms with Crippen LogP contribution in [0, 0.1) is 5.92 Å². The summed E-state index contributed by atoms with van der Waals surface area (Å²) in [5, 5.41) is 4.07. The van der Waals surface area contributed by atoms with E-state index in [4.69, 9.17) is 5.73 Å². The number of carbonyl (C=O) groups excluding carboxylic acids is 1. The summed E-state index contributed by atoms with van der Waals surface area (Å²) >= 11 is 0. The Morgan fingerprint density at radius 2 is 2.22 bits per heavy atom. The van der Waals surface area contributed by atoms with Crippen LogP contribution in [0.5, 0.6) is 0 Å². The molecule has 1 heterocycles. The topological polar surface area (TPSA) is 73.8 Å². The van der Waals surface area contributed by atoms with Crippen molar-refractivity contribution in [2.75, 3.05) is 6.54 Å². The van der Waals surface area contributed by atoms with E-state index in [9.17, 15) is 4.79 Å². The zero-order valence-electron chi connectivity index (χ0n) is 11.4. The standard InChI is InChI=1S/C13H24N4O/c1-3-11(7-8-14)5-6-12(18)9-13-15-10-16-17(13)4-2/h10-11H,3-9,14H2,1-2H3. The molecule has 0 aliphatic heterocycles. The molecule has 0 fully saturated rings. The van der Waals surface area contributed by atoms with Crippen LogP contribution >= 0.6 is 0 Å². The van der Waals surface area contributed by atoms with Crippen molar-refractivity contribution in [1.29, 1.82) is 0 Å². The number of hydrogen-bond acceptors (Lipinski definition) is 4. The van der Waals surface area contributed by atoms with Crippen LogP contribution in [-0.2, 0) is 17.8 Å². The average Bonchev–Trinajstić information content (AvgIpc) is 2.81. The molecular weight excluding hydrogens is 228 g/mol. The second-order valence-corrected chi connectivity index (χ2v) is 4.60. The Labute approximate surface area is 109 Å². The van der Waals surface area contributed by atoms with E-state index in [2.05, 4.69) is 17.0 Å². The quantitative estimate of drug-likeness (QED) is 0.724. The first-order chi connectivity index (χ1) is 8.71. The van der Waals surface area contributed by atoms with Crippen LogP contribution in [0.25, 0.3) is 0 Å². The highest BCUT2D eigenvalue weighted by molar-refractivity contribution is 5.80. The Bertz CT molecular complexity index is 362.